The quantitative estimate of drug-likeness (QED) is 0.0765. The maximum absolute atomic E-state index is 2.43. The molecule has 0 unspecified atom stereocenters. The normalized spacial score (nSPS) is 13.8. The van der Waals surface area contributed by atoms with Crippen molar-refractivity contribution in [1.29, 1.82) is 0 Å². The monoisotopic (exact) mass is 1120 g/mol. The van der Waals surface area contributed by atoms with Crippen LogP contribution in [-0.2, 0) is 10.8 Å². The Kier molecular flexibility index (Phi) is 11.7. The van der Waals surface area contributed by atoms with Gasteiger partial charge >= 0.3 is 0 Å². The minimum Gasteiger partial charge on any atom is -0.310 e. The fourth-order valence-electron chi connectivity index (χ4n) is 15.2. The van der Waals surface area contributed by atoms with Gasteiger partial charge in [0.05, 0.1) is 11.4 Å². The molecule has 2 aliphatic rings. The first-order valence-electron chi connectivity index (χ1n) is 30.9. The summed E-state index contributed by atoms with van der Waals surface area (Å²) in [5, 5.41) is 15.2. The molecule has 0 amide bonds. The number of hydrogen-bond donors (Lipinski definition) is 0. The lowest BCUT2D eigenvalue weighted by Gasteiger charge is -2.29. The molecule has 15 aromatic rings. The molecule has 0 aliphatic heterocycles. The molecule has 88 heavy (non-hydrogen) atoms. The molecular weight excluding hydrogens is 1060 g/mol. The van der Waals surface area contributed by atoms with E-state index in [1.54, 1.807) is 0 Å². The number of anilines is 6. The molecule has 0 N–H and O–H groups in total. The van der Waals surface area contributed by atoms with Crippen molar-refractivity contribution in [2.45, 2.75) is 38.5 Å². The van der Waals surface area contributed by atoms with Crippen LogP contribution in [0.5, 0.6) is 0 Å². The molecule has 2 nitrogen and oxygen atoms in total. The molecule has 2 heteroatoms. The number of fused-ring (bicyclic) bond motifs is 10. The van der Waals surface area contributed by atoms with Crippen molar-refractivity contribution in [2.24, 2.45) is 0 Å². The van der Waals surface area contributed by atoms with Crippen LogP contribution in [0.15, 0.2) is 279 Å². The average molecular weight is 1120 g/mol. The predicted octanol–water partition coefficient (Wildman–Crippen LogP) is 23.9. The molecule has 416 valence electrons. The van der Waals surface area contributed by atoms with Crippen LogP contribution in [0.2, 0.25) is 0 Å². The highest BCUT2D eigenvalue weighted by molar-refractivity contribution is 6.34. The Morgan fingerprint density at radius 3 is 1.03 bits per heavy atom. The van der Waals surface area contributed by atoms with Crippen LogP contribution in [0.4, 0.5) is 34.1 Å². The van der Waals surface area contributed by atoms with Gasteiger partial charge in [-0.25, -0.2) is 0 Å². The summed E-state index contributed by atoms with van der Waals surface area (Å²) in [7, 11) is 0. The zero-order chi connectivity index (χ0) is 58.8. The van der Waals surface area contributed by atoms with Crippen LogP contribution in [0.25, 0.3) is 111 Å². The third-order valence-electron chi connectivity index (χ3n) is 19.6. The molecule has 0 aromatic heterocycles. The highest BCUT2D eigenvalue weighted by atomic mass is 15.1. The summed E-state index contributed by atoms with van der Waals surface area (Å²) in [5.74, 6) is 0. The van der Waals surface area contributed by atoms with E-state index in [-0.39, 0.29) is 10.8 Å². The van der Waals surface area contributed by atoms with E-state index in [9.17, 15) is 0 Å². The highest BCUT2D eigenvalue weighted by Gasteiger charge is 2.38. The van der Waals surface area contributed by atoms with Gasteiger partial charge < -0.3 is 9.80 Å². The first-order chi connectivity index (χ1) is 43.2. The van der Waals surface area contributed by atoms with Crippen molar-refractivity contribution in [3.05, 3.63) is 324 Å². The summed E-state index contributed by atoms with van der Waals surface area (Å²) in [5.41, 5.74) is 22.0. The summed E-state index contributed by atoms with van der Waals surface area (Å²) in [6, 6.07) is 104. The lowest BCUT2D eigenvalue weighted by molar-refractivity contribution is 0.660. The summed E-state index contributed by atoms with van der Waals surface area (Å²) >= 11 is 0. The van der Waals surface area contributed by atoms with Gasteiger partial charge in [0, 0.05) is 44.4 Å². The zero-order valence-corrected chi connectivity index (χ0v) is 49.8. The molecule has 17 rings (SSSR count). The van der Waals surface area contributed by atoms with E-state index in [2.05, 4.69) is 341 Å². The van der Waals surface area contributed by atoms with Crippen LogP contribution in [0.1, 0.15) is 72.2 Å². The predicted molar refractivity (Wildman–Crippen MR) is 378 cm³/mol. The Morgan fingerprint density at radius 2 is 0.591 bits per heavy atom. The molecule has 0 spiro atoms. The Labute approximate surface area is 514 Å². The van der Waals surface area contributed by atoms with E-state index < -0.39 is 0 Å². The van der Waals surface area contributed by atoms with E-state index in [1.165, 1.54) is 143 Å². The Morgan fingerprint density at radius 1 is 0.250 bits per heavy atom. The topological polar surface area (TPSA) is 6.48 Å². The van der Waals surface area contributed by atoms with E-state index in [4.69, 9.17) is 0 Å². The number of nitrogens with zero attached hydrogens (tertiary/aromatic N) is 2. The van der Waals surface area contributed by atoms with Gasteiger partial charge in [0.1, 0.15) is 0 Å². The number of rotatable bonds is 10. The highest BCUT2D eigenvalue weighted by Crippen LogP contribution is 2.54. The summed E-state index contributed by atoms with van der Waals surface area (Å²) in [4.78, 5) is 4.84. The molecule has 0 saturated heterocycles. The third-order valence-corrected chi connectivity index (χ3v) is 19.6. The van der Waals surface area contributed by atoms with E-state index in [1.807, 2.05) is 0 Å². The Balaban J connectivity index is 0.670. The van der Waals surface area contributed by atoms with Crippen LogP contribution in [0.3, 0.4) is 0 Å². The third kappa shape index (κ3) is 8.02. The second-order valence-corrected chi connectivity index (χ2v) is 25.2. The van der Waals surface area contributed by atoms with E-state index >= 15 is 0 Å². The minimum absolute atomic E-state index is 0.208. The fourth-order valence-corrected chi connectivity index (χ4v) is 15.2. The van der Waals surface area contributed by atoms with Gasteiger partial charge in [0.25, 0.3) is 0 Å². The fraction of sp³-hybridized carbons (Fsp3) is 0.0698. The van der Waals surface area contributed by atoms with Crippen molar-refractivity contribution < 1.29 is 0 Å². The van der Waals surface area contributed by atoms with E-state index in [0.717, 1.165) is 22.7 Å². The minimum atomic E-state index is -0.208. The standard InChI is InChI=1S/C86H62N2/c1-85(2)77-51-55(37-45-69(77)71-49-43-63(53-79(71)85)87(61-23-7-5-8-24-61)81-33-15-21-57-19-11-13-27-65(57)81)35-39-59-41-47-75-74-32-18-30-68-60(42-48-76(84(68)74)73-31-17-29-67(59)83(73)75)40-36-56-38-46-70-72-50-44-64(54-80(72)86(3,4)78(70)52-56)88(62-25-9-6-10-26-62)82-34-16-22-58-20-12-14-28-66(58)82/h5-54H,1-4H3/b39-35+,40-36+. The zero-order valence-electron chi connectivity index (χ0n) is 49.8. The average Bonchev–Trinajstić information content (AvgIpc) is 1.26. The van der Waals surface area contributed by atoms with Crippen molar-refractivity contribution >= 4 is 123 Å². The number of para-hydroxylation sites is 2. The molecule has 0 bridgehead atoms. The molecule has 0 saturated carbocycles. The first kappa shape index (κ1) is 51.6. The summed E-state index contributed by atoms with van der Waals surface area (Å²) < 4.78 is 0. The Bertz CT molecular complexity index is 5020. The van der Waals surface area contributed by atoms with Gasteiger partial charge in [-0.3, -0.25) is 0 Å². The van der Waals surface area contributed by atoms with Gasteiger partial charge in [0.15, 0.2) is 0 Å². The molecule has 2 aliphatic carbocycles. The van der Waals surface area contributed by atoms with Crippen LogP contribution in [-0.4, -0.2) is 0 Å². The molecule has 0 fully saturated rings. The Hall–Kier alpha value is -10.8. The van der Waals surface area contributed by atoms with Gasteiger partial charge in [-0.1, -0.05) is 270 Å². The molecule has 0 radical (unpaired) electrons. The van der Waals surface area contributed by atoms with E-state index in [0.29, 0.717) is 0 Å². The molecule has 0 atom stereocenters. The van der Waals surface area contributed by atoms with Crippen LogP contribution >= 0.6 is 0 Å². The van der Waals surface area contributed by atoms with Crippen molar-refractivity contribution in [3.63, 3.8) is 0 Å². The molecule has 0 heterocycles. The second kappa shape index (κ2) is 19.9. The van der Waals surface area contributed by atoms with Gasteiger partial charge in [-0.2, -0.15) is 0 Å². The lowest BCUT2D eigenvalue weighted by atomic mass is 9.81. The van der Waals surface area contributed by atoms with Crippen molar-refractivity contribution in [1.82, 2.24) is 0 Å². The largest absolute Gasteiger partial charge is 0.310 e. The number of benzene rings is 15. The smallest absolute Gasteiger partial charge is 0.0540 e. The van der Waals surface area contributed by atoms with Crippen molar-refractivity contribution in [2.75, 3.05) is 9.80 Å². The summed E-state index contributed by atoms with van der Waals surface area (Å²) in [6.07, 6.45) is 9.28. The SMILES string of the molecule is CC1(C)c2cc(/C=C/c3ccc4c5cccc6c(/C=C/c7ccc8c(c7)C(C)(C)c7cc(N(c9ccccc9)c9cccc%10ccccc9%10)ccc7-8)ccc(c7cccc3c74)c65)ccc2-c2ccc(N(c3ccccc3)c3cccc4ccccc34)cc21. The summed E-state index contributed by atoms with van der Waals surface area (Å²) in [6.45, 7) is 9.56. The van der Waals surface area contributed by atoms with Gasteiger partial charge in [-0.05, 0) is 181 Å². The maximum Gasteiger partial charge on any atom is 0.0540 e. The van der Waals surface area contributed by atoms with Crippen LogP contribution in [0, 0.1) is 0 Å². The van der Waals surface area contributed by atoms with Crippen LogP contribution < -0.4 is 9.80 Å². The second-order valence-electron chi connectivity index (χ2n) is 25.2. The molecular formula is C86H62N2. The van der Waals surface area contributed by atoms with Gasteiger partial charge in [-0.15, -0.1) is 0 Å². The maximum atomic E-state index is 2.43. The molecule has 15 aromatic carbocycles. The first-order valence-corrected chi connectivity index (χ1v) is 30.9. The number of hydrogen-bond acceptors (Lipinski definition) is 2. The van der Waals surface area contributed by atoms with Crippen molar-refractivity contribution in [3.8, 4) is 22.3 Å². The van der Waals surface area contributed by atoms with Gasteiger partial charge in [0.2, 0.25) is 0 Å². The lowest BCUT2D eigenvalue weighted by Crippen LogP contribution is -2.16.